The van der Waals surface area contributed by atoms with E-state index in [-0.39, 0.29) is 5.91 Å². The van der Waals surface area contributed by atoms with Gasteiger partial charge in [0.05, 0.1) is 7.11 Å². The number of hydrogen-bond acceptors (Lipinski definition) is 3. The Morgan fingerprint density at radius 1 is 1.25 bits per heavy atom. The molecule has 0 aliphatic carbocycles. The normalized spacial score (nSPS) is 10.2. The minimum atomic E-state index is -0.225. The van der Waals surface area contributed by atoms with Gasteiger partial charge in [0.2, 0.25) is 0 Å². The Bertz CT molecular complexity index is 656. The number of rotatable bonds is 3. The van der Waals surface area contributed by atoms with Gasteiger partial charge in [0.15, 0.2) is 0 Å². The first kappa shape index (κ1) is 14.4. The maximum atomic E-state index is 12.3. The van der Waals surface area contributed by atoms with Gasteiger partial charge in [-0.25, -0.2) is 0 Å². The highest BCUT2D eigenvalue weighted by Gasteiger charge is 2.10. The van der Waals surface area contributed by atoms with E-state index in [1.807, 2.05) is 25.1 Å². The number of methoxy groups -OCH3 is 1. The molecule has 0 unspecified atom stereocenters. The van der Waals surface area contributed by atoms with Crippen LogP contribution in [0.3, 0.4) is 0 Å². The van der Waals surface area contributed by atoms with Crippen LogP contribution in [0.4, 0.5) is 11.4 Å². The van der Waals surface area contributed by atoms with E-state index in [0.717, 1.165) is 15.7 Å². The van der Waals surface area contributed by atoms with Crippen molar-refractivity contribution in [2.75, 3.05) is 18.2 Å². The molecule has 4 nitrogen and oxygen atoms in total. The number of carbonyl (C=O) groups excluding carboxylic acids is 1. The van der Waals surface area contributed by atoms with Crippen LogP contribution in [0.1, 0.15) is 15.9 Å². The molecule has 2 aromatic rings. The molecule has 0 aliphatic rings. The third kappa shape index (κ3) is 3.30. The van der Waals surface area contributed by atoms with Gasteiger partial charge in [-0.3, -0.25) is 4.79 Å². The van der Waals surface area contributed by atoms with Gasteiger partial charge >= 0.3 is 0 Å². The largest absolute Gasteiger partial charge is 0.497 e. The molecule has 2 rings (SSSR count). The van der Waals surface area contributed by atoms with Crippen LogP contribution in [0, 0.1) is 6.92 Å². The lowest BCUT2D eigenvalue weighted by molar-refractivity contribution is 0.102. The summed E-state index contributed by atoms with van der Waals surface area (Å²) >= 11 is 3.39. The van der Waals surface area contributed by atoms with Crippen molar-refractivity contribution in [2.24, 2.45) is 0 Å². The zero-order chi connectivity index (χ0) is 14.7. The van der Waals surface area contributed by atoms with E-state index in [4.69, 9.17) is 10.5 Å². The Balaban J connectivity index is 2.28. The van der Waals surface area contributed by atoms with Crippen LogP contribution in [-0.4, -0.2) is 13.0 Å². The molecule has 1 amide bonds. The second-order valence-electron chi connectivity index (χ2n) is 4.41. The van der Waals surface area contributed by atoms with E-state index in [2.05, 4.69) is 21.2 Å². The molecule has 0 atom stereocenters. The number of benzene rings is 2. The van der Waals surface area contributed by atoms with Crippen molar-refractivity contribution in [3.8, 4) is 5.75 Å². The predicted octanol–water partition coefficient (Wildman–Crippen LogP) is 3.60. The lowest BCUT2D eigenvalue weighted by Crippen LogP contribution is -2.13. The Kier molecular flexibility index (Phi) is 4.29. The summed E-state index contributed by atoms with van der Waals surface area (Å²) in [5, 5.41) is 2.87. The number of hydrogen-bond donors (Lipinski definition) is 2. The highest BCUT2D eigenvalue weighted by molar-refractivity contribution is 9.10. The molecule has 0 fully saturated rings. The van der Waals surface area contributed by atoms with Gasteiger partial charge in [0.1, 0.15) is 5.75 Å². The van der Waals surface area contributed by atoms with Gasteiger partial charge in [0, 0.05) is 27.5 Å². The van der Waals surface area contributed by atoms with Gasteiger partial charge in [-0.1, -0.05) is 22.0 Å². The molecule has 0 spiro atoms. The highest BCUT2D eigenvalue weighted by atomic mass is 79.9. The Hall–Kier alpha value is -2.01. The standard InChI is InChI=1S/C15H15BrN2O2/c1-9-3-4-11(16)7-14(9)18-15(19)10-5-12(17)8-13(6-10)20-2/h3-8H,17H2,1-2H3,(H,18,19). The number of nitrogens with two attached hydrogens (primary N) is 1. The number of nitrogen functional groups attached to an aromatic ring is 1. The van der Waals surface area contributed by atoms with Crippen molar-refractivity contribution in [2.45, 2.75) is 6.92 Å². The molecule has 20 heavy (non-hydrogen) atoms. The summed E-state index contributed by atoms with van der Waals surface area (Å²) in [5.74, 6) is 0.331. The van der Waals surface area contributed by atoms with Crippen molar-refractivity contribution in [1.29, 1.82) is 0 Å². The predicted molar refractivity (Wildman–Crippen MR) is 84.2 cm³/mol. The maximum absolute atomic E-state index is 12.3. The molecule has 0 aliphatic heterocycles. The molecule has 0 saturated heterocycles. The number of anilines is 2. The van der Waals surface area contributed by atoms with E-state index < -0.39 is 0 Å². The van der Waals surface area contributed by atoms with E-state index in [1.54, 1.807) is 18.2 Å². The van der Waals surface area contributed by atoms with Crippen LogP contribution in [0.25, 0.3) is 0 Å². The quantitative estimate of drug-likeness (QED) is 0.843. The van der Waals surface area contributed by atoms with Gasteiger partial charge in [-0.15, -0.1) is 0 Å². The summed E-state index contributed by atoms with van der Waals surface area (Å²) in [6.07, 6.45) is 0. The number of halogens is 1. The average molecular weight is 335 g/mol. The minimum Gasteiger partial charge on any atom is -0.497 e. The van der Waals surface area contributed by atoms with E-state index in [9.17, 15) is 4.79 Å². The Morgan fingerprint density at radius 3 is 2.70 bits per heavy atom. The second kappa shape index (κ2) is 5.96. The summed E-state index contributed by atoms with van der Waals surface area (Å²) in [4.78, 5) is 12.3. The van der Waals surface area contributed by atoms with E-state index in [1.165, 1.54) is 7.11 Å². The SMILES string of the molecule is COc1cc(N)cc(C(=O)Nc2cc(Br)ccc2C)c1. The topological polar surface area (TPSA) is 64.3 Å². The van der Waals surface area contributed by atoms with Crippen LogP contribution < -0.4 is 15.8 Å². The van der Waals surface area contributed by atoms with Gasteiger partial charge in [-0.2, -0.15) is 0 Å². The molecule has 0 heterocycles. The highest BCUT2D eigenvalue weighted by Crippen LogP contribution is 2.23. The van der Waals surface area contributed by atoms with Crippen LogP contribution in [0.5, 0.6) is 5.75 Å². The van der Waals surface area contributed by atoms with Crippen molar-refractivity contribution >= 4 is 33.2 Å². The smallest absolute Gasteiger partial charge is 0.255 e. The number of aryl methyl sites for hydroxylation is 1. The van der Waals surface area contributed by atoms with Crippen LogP contribution in [-0.2, 0) is 0 Å². The lowest BCUT2D eigenvalue weighted by atomic mass is 10.1. The van der Waals surface area contributed by atoms with Crippen molar-refractivity contribution in [1.82, 2.24) is 0 Å². The monoisotopic (exact) mass is 334 g/mol. The molecular formula is C15H15BrN2O2. The summed E-state index contributed by atoms with van der Waals surface area (Å²) < 4.78 is 6.02. The van der Waals surface area contributed by atoms with Gasteiger partial charge in [-0.05, 0) is 36.8 Å². The lowest BCUT2D eigenvalue weighted by Gasteiger charge is -2.10. The second-order valence-corrected chi connectivity index (χ2v) is 5.32. The summed E-state index contributed by atoms with van der Waals surface area (Å²) in [5.41, 5.74) is 8.44. The zero-order valence-electron chi connectivity index (χ0n) is 11.2. The first-order valence-corrected chi connectivity index (χ1v) is 6.81. The van der Waals surface area contributed by atoms with Crippen LogP contribution in [0.2, 0.25) is 0 Å². The van der Waals surface area contributed by atoms with Crippen molar-refractivity contribution < 1.29 is 9.53 Å². The molecule has 0 bridgehead atoms. The third-order valence-corrected chi connectivity index (χ3v) is 3.37. The summed E-state index contributed by atoms with van der Waals surface area (Å²) in [6, 6.07) is 10.6. The number of ether oxygens (including phenoxy) is 1. The molecule has 0 aromatic heterocycles. The Morgan fingerprint density at radius 2 is 2.00 bits per heavy atom. The first-order chi connectivity index (χ1) is 9.49. The molecule has 3 N–H and O–H groups in total. The summed E-state index contributed by atoms with van der Waals surface area (Å²) in [6.45, 7) is 1.93. The molecule has 0 saturated carbocycles. The summed E-state index contributed by atoms with van der Waals surface area (Å²) in [7, 11) is 1.54. The van der Waals surface area contributed by atoms with Crippen molar-refractivity contribution in [3.63, 3.8) is 0 Å². The van der Waals surface area contributed by atoms with Crippen LogP contribution >= 0.6 is 15.9 Å². The first-order valence-electron chi connectivity index (χ1n) is 6.01. The fraction of sp³-hybridized carbons (Fsp3) is 0.133. The molecular weight excluding hydrogens is 320 g/mol. The number of nitrogens with one attached hydrogen (secondary N) is 1. The number of carbonyl (C=O) groups is 1. The number of amides is 1. The molecule has 5 heteroatoms. The minimum absolute atomic E-state index is 0.225. The van der Waals surface area contributed by atoms with Gasteiger partial charge in [0.25, 0.3) is 5.91 Å². The van der Waals surface area contributed by atoms with E-state index >= 15 is 0 Å². The Labute approximate surface area is 126 Å². The van der Waals surface area contributed by atoms with Crippen LogP contribution in [0.15, 0.2) is 40.9 Å². The molecule has 0 radical (unpaired) electrons. The van der Waals surface area contributed by atoms with E-state index in [0.29, 0.717) is 17.0 Å². The third-order valence-electron chi connectivity index (χ3n) is 2.87. The fourth-order valence-electron chi connectivity index (χ4n) is 1.79. The van der Waals surface area contributed by atoms with Gasteiger partial charge < -0.3 is 15.8 Å². The fourth-order valence-corrected chi connectivity index (χ4v) is 2.16. The molecule has 2 aromatic carbocycles. The molecule has 104 valence electrons. The van der Waals surface area contributed by atoms with Crippen molar-refractivity contribution in [3.05, 3.63) is 52.0 Å². The maximum Gasteiger partial charge on any atom is 0.255 e. The zero-order valence-corrected chi connectivity index (χ0v) is 12.8. The average Bonchev–Trinajstić information content (AvgIpc) is 2.42.